The first-order chi connectivity index (χ1) is 15.0. The van der Waals surface area contributed by atoms with E-state index in [1.165, 1.54) is 11.8 Å². The van der Waals surface area contributed by atoms with E-state index in [9.17, 15) is 4.79 Å². The minimum absolute atomic E-state index is 0.141. The van der Waals surface area contributed by atoms with E-state index in [-0.39, 0.29) is 5.91 Å². The molecule has 0 saturated carbocycles. The van der Waals surface area contributed by atoms with Crippen molar-refractivity contribution in [1.82, 2.24) is 5.32 Å². The van der Waals surface area contributed by atoms with Gasteiger partial charge in [0.2, 0.25) is 0 Å². The van der Waals surface area contributed by atoms with Crippen LogP contribution in [0, 0.1) is 6.92 Å². The summed E-state index contributed by atoms with van der Waals surface area (Å²) in [4.78, 5) is 17.5. The Morgan fingerprint density at radius 1 is 1.06 bits per heavy atom. The molecule has 0 bridgehead atoms. The fourth-order valence-corrected chi connectivity index (χ4v) is 4.89. The number of benzene rings is 3. The number of thioether (sulfide) groups is 1. The first kappa shape index (κ1) is 21.9. The summed E-state index contributed by atoms with van der Waals surface area (Å²) in [5.41, 5.74) is 3.90. The maximum Gasteiger partial charge on any atom is 0.264 e. The lowest BCUT2D eigenvalue weighted by Crippen LogP contribution is -2.19. The van der Waals surface area contributed by atoms with Gasteiger partial charge in [-0.2, -0.15) is 0 Å². The van der Waals surface area contributed by atoms with Crippen molar-refractivity contribution in [2.24, 2.45) is 4.99 Å². The van der Waals surface area contributed by atoms with Crippen LogP contribution < -0.4 is 10.1 Å². The third-order valence-electron chi connectivity index (χ3n) is 4.58. The van der Waals surface area contributed by atoms with Crippen LogP contribution in [0.3, 0.4) is 0 Å². The minimum Gasteiger partial charge on any atom is -0.489 e. The number of carbonyl (C=O) groups is 1. The number of amidine groups is 1. The third kappa shape index (κ3) is 5.67. The number of para-hydroxylation sites is 1. The fraction of sp³-hybridized carbons (Fsp3) is 0.0833. The van der Waals surface area contributed by atoms with Gasteiger partial charge in [-0.1, -0.05) is 68.3 Å². The van der Waals surface area contributed by atoms with E-state index in [1.54, 1.807) is 0 Å². The number of nitrogens with zero attached hydrogens (tertiary/aromatic N) is 1. The van der Waals surface area contributed by atoms with Gasteiger partial charge in [-0.25, -0.2) is 4.99 Å². The Morgan fingerprint density at radius 3 is 2.58 bits per heavy atom. The summed E-state index contributed by atoms with van der Waals surface area (Å²) in [7, 11) is 0. The molecule has 0 aliphatic carbocycles. The van der Waals surface area contributed by atoms with Gasteiger partial charge in [0.15, 0.2) is 5.17 Å². The van der Waals surface area contributed by atoms with Gasteiger partial charge < -0.3 is 10.1 Å². The van der Waals surface area contributed by atoms with Crippen LogP contribution in [0.25, 0.3) is 6.08 Å². The predicted octanol–water partition coefficient (Wildman–Crippen LogP) is 6.99. The zero-order valence-electron chi connectivity index (χ0n) is 16.6. The molecular weight excluding hydrogens is 540 g/mol. The quantitative estimate of drug-likeness (QED) is 0.344. The number of hydrogen-bond donors (Lipinski definition) is 1. The highest BCUT2D eigenvalue weighted by Crippen LogP contribution is 2.29. The lowest BCUT2D eigenvalue weighted by atomic mass is 10.2. The van der Waals surface area contributed by atoms with Crippen LogP contribution in [0.4, 0.5) is 5.69 Å². The van der Waals surface area contributed by atoms with E-state index >= 15 is 0 Å². The van der Waals surface area contributed by atoms with E-state index in [0.717, 1.165) is 37.1 Å². The number of hydrogen-bond acceptors (Lipinski definition) is 4. The highest BCUT2D eigenvalue weighted by atomic mass is 79.9. The normalized spacial score (nSPS) is 16.0. The van der Waals surface area contributed by atoms with Crippen molar-refractivity contribution in [1.29, 1.82) is 0 Å². The molecule has 0 spiro atoms. The second kappa shape index (κ2) is 9.85. The smallest absolute Gasteiger partial charge is 0.264 e. The van der Waals surface area contributed by atoms with E-state index in [1.807, 2.05) is 79.7 Å². The Bertz CT molecular complexity index is 1190. The first-order valence-electron chi connectivity index (χ1n) is 9.50. The van der Waals surface area contributed by atoms with E-state index < -0.39 is 0 Å². The van der Waals surface area contributed by atoms with Gasteiger partial charge in [0, 0.05) is 14.5 Å². The maximum atomic E-state index is 12.3. The summed E-state index contributed by atoms with van der Waals surface area (Å²) in [6, 6.07) is 21.5. The Balaban J connectivity index is 1.42. The van der Waals surface area contributed by atoms with Crippen molar-refractivity contribution in [2.45, 2.75) is 13.5 Å². The molecule has 4 nitrogen and oxygen atoms in total. The van der Waals surface area contributed by atoms with Crippen LogP contribution >= 0.6 is 43.6 Å². The van der Waals surface area contributed by atoms with Gasteiger partial charge in [-0.05, 0) is 66.2 Å². The molecule has 1 amide bonds. The van der Waals surface area contributed by atoms with Crippen LogP contribution in [0.5, 0.6) is 5.75 Å². The highest BCUT2D eigenvalue weighted by molar-refractivity contribution is 9.11. The molecule has 1 aliphatic heterocycles. The molecule has 0 radical (unpaired) electrons. The van der Waals surface area contributed by atoms with E-state index in [0.29, 0.717) is 16.7 Å². The van der Waals surface area contributed by atoms with Gasteiger partial charge in [-0.15, -0.1) is 0 Å². The van der Waals surface area contributed by atoms with Crippen molar-refractivity contribution in [3.05, 3.63) is 97.3 Å². The minimum atomic E-state index is -0.141. The third-order valence-corrected chi connectivity index (χ3v) is 6.72. The van der Waals surface area contributed by atoms with Crippen LogP contribution in [-0.4, -0.2) is 11.1 Å². The average Bonchev–Trinajstić information content (AvgIpc) is 3.09. The molecule has 1 heterocycles. The van der Waals surface area contributed by atoms with Crippen LogP contribution in [0.2, 0.25) is 0 Å². The Morgan fingerprint density at radius 2 is 1.84 bits per heavy atom. The van der Waals surface area contributed by atoms with Crippen LogP contribution in [0.15, 0.2) is 85.6 Å². The number of halogens is 2. The summed E-state index contributed by atoms with van der Waals surface area (Å²) in [6.07, 6.45) is 1.86. The van der Waals surface area contributed by atoms with Crippen molar-refractivity contribution >= 4 is 66.5 Å². The van der Waals surface area contributed by atoms with Gasteiger partial charge in [0.1, 0.15) is 12.4 Å². The molecule has 1 saturated heterocycles. The number of nitrogens with one attached hydrogen (secondary N) is 1. The summed E-state index contributed by atoms with van der Waals surface area (Å²) in [6.45, 7) is 2.46. The summed E-state index contributed by atoms with van der Waals surface area (Å²) < 4.78 is 7.90. The van der Waals surface area contributed by atoms with Crippen LogP contribution in [-0.2, 0) is 11.4 Å². The van der Waals surface area contributed by atoms with Crippen molar-refractivity contribution < 1.29 is 9.53 Å². The molecule has 0 unspecified atom stereocenters. The molecule has 3 aromatic carbocycles. The van der Waals surface area contributed by atoms with Gasteiger partial charge in [0.25, 0.3) is 5.91 Å². The number of ether oxygens (including phenoxy) is 1. The molecule has 156 valence electrons. The Kier molecular flexibility index (Phi) is 6.95. The summed E-state index contributed by atoms with van der Waals surface area (Å²) >= 11 is 8.34. The zero-order valence-corrected chi connectivity index (χ0v) is 20.6. The number of amides is 1. The lowest BCUT2D eigenvalue weighted by molar-refractivity contribution is -0.115. The van der Waals surface area contributed by atoms with Crippen molar-refractivity contribution in [2.75, 3.05) is 0 Å². The molecule has 1 fully saturated rings. The van der Waals surface area contributed by atoms with Gasteiger partial charge >= 0.3 is 0 Å². The largest absolute Gasteiger partial charge is 0.489 e. The molecule has 1 aliphatic rings. The standard InChI is InChI=1S/C24H18Br2N2O2S/c1-15-4-2-3-5-21(15)27-24-28-23(29)22(31-24)12-16-6-10-19(11-7-16)30-14-17-8-9-18(25)13-20(17)26/h2-13H,14H2,1H3,(H,27,28,29)/b22-12-. The molecule has 31 heavy (non-hydrogen) atoms. The number of aryl methyl sites for hydroxylation is 1. The zero-order chi connectivity index (χ0) is 21.8. The van der Waals surface area contributed by atoms with Gasteiger partial charge in [-0.3, -0.25) is 4.79 Å². The summed E-state index contributed by atoms with van der Waals surface area (Å²) in [5, 5.41) is 3.42. The van der Waals surface area contributed by atoms with Crippen LogP contribution in [0.1, 0.15) is 16.7 Å². The molecule has 0 aromatic heterocycles. The molecule has 7 heteroatoms. The van der Waals surface area contributed by atoms with E-state index in [4.69, 9.17) is 4.74 Å². The average molecular weight is 558 g/mol. The summed E-state index contributed by atoms with van der Waals surface area (Å²) in [5.74, 6) is 0.625. The molecular formula is C24H18Br2N2O2S. The maximum absolute atomic E-state index is 12.3. The predicted molar refractivity (Wildman–Crippen MR) is 135 cm³/mol. The molecule has 0 atom stereocenters. The van der Waals surface area contributed by atoms with Crippen molar-refractivity contribution in [3.8, 4) is 5.75 Å². The first-order valence-corrected chi connectivity index (χ1v) is 11.9. The SMILES string of the molecule is Cc1ccccc1N=C1NC(=O)/C(=C/c2ccc(OCc3ccc(Br)cc3Br)cc2)S1. The molecule has 3 aromatic rings. The molecule has 1 N–H and O–H groups in total. The second-order valence-corrected chi connectivity index (χ2v) is 9.66. The number of carbonyl (C=O) groups excluding carboxylic acids is 1. The van der Waals surface area contributed by atoms with Gasteiger partial charge in [0.05, 0.1) is 10.6 Å². The monoisotopic (exact) mass is 556 g/mol. The highest BCUT2D eigenvalue weighted by Gasteiger charge is 2.23. The fourth-order valence-electron chi connectivity index (χ4n) is 2.89. The van der Waals surface area contributed by atoms with Crippen molar-refractivity contribution in [3.63, 3.8) is 0 Å². The Labute approximate surface area is 202 Å². The van der Waals surface area contributed by atoms with E-state index in [2.05, 4.69) is 42.2 Å². The second-order valence-electron chi connectivity index (χ2n) is 6.86. The topological polar surface area (TPSA) is 50.7 Å². The number of rotatable bonds is 5. The number of aliphatic imine (C=N–C) groups is 1. The Hall–Kier alpha value is -2.35. The lowest BCUT2D eigenvalue weighted by Gasteiger charge is -2.08. The molecule has 4 rings (SSSR count).